The highest BCUT2D eigenvalue weighted by atomic mass is 16.2. The lowest BCUT2D eigenvalue weighted by molar-refractivity contribution is -0.132. The number of carbonyl (C=O) groups excluding carboxylic acids is 1. The van der Waals surface area contributed by atoms with Crippen LogP contribution in [0, 0.1) is 13.8 Å². The minimum atomic E-state index is 0.193. The van der Waals surface area contributed by atoms with Gasteiger partial charge in [-0.05, 0) is 31.5 Å². The second-order valence-corrected chi connectivity index (χ2v) is 8.07. The Hall–Kier alpha value is -3.18. The lowest BCUT2D eigenvalue weighted by Gasteiger charge is -2.34. The third kappa shape index (κ3) is 5.12. The molecule has 2 heterocycles. The van der Waals surface area contributed by atoms with Crippen molar-refractivity contribution in [3.63, 3.8) is 0 Å². The van der Waals surface area contributed by atoms with Crippen LogP contribution in [0.1, 0.15) is 22.5 Å². The number of aryl methyl sites for hydroxylation is 1. The Kier molecular flexibility index (Phi) is 6.63. The van der Waals surface area contributed by atoms with Crippen LogP contribution in [0.5, 0.6) is 0 Å². The predicted octanol–water partition coefficient (Wildman–Crippen LogP) is 3.89. The van der Waals surface area contributed by atoms with Crippen LogP contribution in [0.4, 0.5) is 0 Å². The van der Waals surface area contributed by atoms with E-state index in [4.69, 9.17) is 0 Å². The summed E-state index contributed by atoms with van der Waals surface area (Å²) in [6, 6.07) is 20.4. The molecule has 0 N–H and O–H groups in total. The first-order valence-electron chi connectivity index (χ1n) is 10.9. The molecule has 0 bridgehead atoms. The Labute approximate surface area is 184 Å². The third-order valence-electron chi connectivity index (χ3n) is 5.97. The number of piperazine rings is 1. The normalized spacial score (nSPS) is 15.0. The van der Waals surface area contributed by atoms with E-state index in [1.165, 1.54) is 5.56 Å². The fourth-order valence-electron chi connectivity index (χ4n) is 4.10. The van der Waals surface area contributed by atoms with E-state index in [-0.39, 0.29) is 5.91 Å². The van der Waals surface area contributed by atoms with Gasteiger partial charge in [-0.15, -0.1) is 0 Å². The van der Waals surface area contributed by atoms with Crippen LogP contribution in [0.2, 0.25) is 0 Å². The maximum absolute atomic E-state index is 13.0. The summed E-state index contributed by atoms with van der Waals surface area (Å²) in [5.41, 5.74) is 5.26. The molecule has 3 aromatic rings. The van der Waals surface area contributed by atoms with Gasteiger partial charge in [0.1, 0.15) is 0 Å². The van der Waals surface area contributed by atoms with Crippen molar-refractivity contribution in [2.45, 2.75) is 20.3 Å². The first-order chi connectivity index (χ1) is 15.1. The zero-order chi connectivity index (χ0) is 21.6. The molecule has 1 amide bonds. The highest BCUT2D eigenvalue weighted by Gasteiger charge is 2.23. The molecule has 160 valence electrons. The van der Waals surface area contributed by atoms with Crippen LogP contribution in [-0.2, 0) is 11.2 Å². The molecule has 0 atom stereocenters. The Morgan fingerprint density at radius 1 is 0.935 bits per heavy atom. The molecular weight excluding hydrogens is 384 g/mol. The zero-order valence-corrected chi connectivity index (χ0v) is 18.4. The predicted molar refractivity (Wildman–Crippen MR) is 125 cm³/mol. The van der Waals surface area contributed by atoms with E-state index < -0.39 is 0 Å². The van der Waals surface area contributed by atoms with E-state index in [0.717, 1.165) is 55.4 Å². The summed E-state index contributed by atoms with van der Waals surface area (Å²) >= 11 is 0. The lowest BCUT2D eigenvalue weighted by Crippen LogP contribution is -2.49. The van der Waals surface area contributed by atoms with Gasteiger partial charge in [0.05, 0.1) is 17.8 Å². The molecule has 1 fully saturated rings. The number of aromatic nitrogens is 2. The number of para-hydroxylation sites is 1. The lowest BCUT2D eigenvalue weighted by atomic mass is 10.1. The van der Waals surface area contributed by atoms with Crippen molar-refractivity contribution in [1.82, 2.24) is 19.6 Å². The average molecular weight is 415 g/mol. The fraction of sp³-hybridized carbons (Fsp3) is 0.308. The quantitative estimate of drug-likeness (QED) is 0.615. The van der Waals surface area contributed by atoms with E-state index in [2.05, 4.69) is 46.4 Å². The van der Waals surface area contributed by atoms with Gasteiger partial charge in [-0.25, -0.2) is 4.68 Å². The molecule has 1 saturated heterocycles. The van der Waals surface area contributed by atoms with E-state index in [9.17, 15) is 4.79 Å². The number of hydrogen-bond donors (Lipinski definition) is 0. The molecule has 0 spiro atoms. The molecule has 5 heteroatoms. The number of hydrogen-bond acceptors (Lipinski definition) is 3. The molecule has 1 aromatic heterocycles. The van der Waals surface area contributed by atoms with Crippen molar-refractivity contribution in [1.29, 1.82) is 0 Å². The molecule has 1 aliphatic heterocycles. The number of rotatable bonds is 6. The van der Waals surface area contributed by atoms with Crippen molar-refractivity contribution < 1.29 is 4.79 Å². The molecule has 0 unspecified atom stereocenters. The van der Waals surface area contributed by atoms with Crippen LogP contribution >= 0.6 is 0 Å². The third-order valence-corrected chi connectivity index (χ3v) is 5.97. The van der Waals surface area contributed by atoms with Crippen LogP contribution in [0.15, 0.2) is 66.7 Å². The van der Waals surface area contributed by atoms with Gasteiger partial charge in [-0.2, -0.15) is 5.10 Å². The largest absolute Gasteiger partial charge is 0.340 e. The number of benzene rings is 2. The number of amides is 1. The van der Waals surface area contributed by atoms with Crippen LogP contribution in [-0.4, -0.2) is 58.2 Å². The topological polar surface area (TPSA) is 41.4 Å². The van der Waals surface area contributed by atoms with Gasteiger partial charge in [-0.1, -0.05) is 60.7 Å². The Balaban J connectivity index is 1.31. The second kappa shape index (κ2) is 9.75. The van der Waals surface area contributed by atoms with Crippen molar-refractivity contribution in [3.8, 4) is 5.69 Å². The maximum Gasteiger partial charge on any atom is 0.227 e. The van der Waals surface area contributed by atoms with Gasteiger partial charge in [-0.3, -0.25) is 9.69 Å². The molecular formula is C26H30N4O. The summed E-state index contributed by atoms with van der Waals surface area (Å²) in [6.07, 6.45) is 4.78. The summed E-state index contributed by atoms with van der Waals surface area (Å²) in [5.74, 6) is 0.193. The van der Waals surface area contributed by atoms with E-state index in [1.807, 2.05) is 59.8 Å². The Morgan fingerprint density at radius 3 is 2.26 bits per heavy atom. The molecule has 0 aliphatic carbocycles. The highest BCUT2D eigenvalue weighted by molar-refractivity contribution is 5.79. The van der Waals surface area contributed by atoms with Crippen molar-refractivity contribution in [3.05, 3.63) is 89.3 Å². The molecule has 2 aromatic carbocycles. The monoisotopic (exact) mass is 414 g/mol. The number of carbonyl (C=O) groups is 1. The Morgan fingerprint density at radius 2 is 1.58 bits per heavy atom. The summed E-state index contributed by atoms with van der Waals surface area (Å²) in [7, 11) is 0. The molecule has 0 radical (unpaired) electrons. The number of nitrogens with zero attached hydrogens (tertiary/aromatic N) is 4. The summed E-state index contributed by atoms with van der Waals surface area (Å²) < 4.78 is 1.94. The molecule has 0 saturated carbocycles. The molecule has 31 heavy (non-hydrogen) atoms. The fourth-order valence-corrected chi connectivity index (χ4v) is 4.10. The first-order valence-corrected chi connectivity index (χ1v) is 10.9. The minimum absolute atomic E-state index is 0.193. The minimum Gasteiger partial charge on any atom is -0.340 e. The highest BCUT2D eigenvalue weighted by Crippen LogP contribution is 2.19. The molecule has 5 nitrogen and oxygen atoms in total. The molecule has 1 aliphatic rings. The van der Waals surface area contributed by atoms with Gasteiger partial charge >= 0.3 is 0 Å². The van der Waals surface area contributed by atoms with Gasteiger partial charge in [0.2, 0.25) is 5.91 Å². The SMILES string of the molecule is Cc1nn(-c2ccccc2)c(C)c1CC(=O)N1CCN(C/C=C/c2ccccc2)CC1. The smallest absolute Gasteiger partial charge is 0.227 e. The van der Waals surface area contributed by atoms with Crippen LogP contribution < -0.4 is 0 Å². The second-order valence-electron chi connectivity index (χ2n) is 8.07. The molecule has 4 rings (SSSR count). The van der Waals surface area contributed by atoms with Crippen LogP contribution in [0.3, 0.4) is 0 Å². The van der Waals surface area contributed by atoms with Crippen molar-refractivity contribution in [2.75, 3.05) is 32.7 Å². The van der Waals surface area contributed by atoms with Crippen molar-refractivity contribution in [2.24, 2.45) is 0 Å². The van der Waals surface area contributed by atoms with Gasteiger partial charge in [0, 0.05) is 44.0 Å². The standard InChI is InChI=1S/C26H30N4O/c1-21-25(22(2)30(27-21)24-13-7-4-8-14-24)20-26(31)29-18-16-28(17-19-29)15-9-12-23-10-5-3-6-11-23/h3-14H,15-20H2,1-2H3/b12-9+. The maximum atomic E-state index is 13.0. The van der Waals surface area contributed by atoms with E-state index >= 15 is 0 Å². The first kappa shape index (κ1) is 21.1. The van der Waals surface area contributed by atoms with Crippen molar-refractivity contribution >= 4 is 12.0 Å². The zero-order valence-electron chi connectivity index (χ0n) is 18.4. The summed E-state index contributed by atoms with van der Waals surface area (Å²) in [6.45, 7) is 8.34. The van der Waals surface area contributed by atoms with Gasteiger partial charge in [0.25, 0.3) is 0 Å². The average Bonchev–Trinajstić information content (AvgIpc) is 3.09. The van der Waals surface area contributed by atoms with Gasteiger partial charge in [0.15, 0.2) is 0 Å². The van der Waals surface area contributed by atoms with Gasteiger partial charge < -0.3 is 4.90 Å². The van der Waals surface area contributed by atoms with Crippen LogP contribution in [0.25, 0.3) is 11.8 Å². The summed E-state index contributed by atoms with van der Waals surface area (Å²) in [5, 5.41) is 4.68. The Bertz CT molecular complexity index is 1030. The van der Waals surface area contributed by atoms with E-state index in [0.29, 0.717) is 6.42 Å². The van der Waals surface area contributed by atoms with E-state index in [1.54, 1.807) is 0 Å². The summed E-state index contributed by atoms with van der Waals surface area (Å²) in [4.78, 5) is 17.4.